The van der Waals surface area contributed by atoms with Gasteiger partial charge in [0.1, 0.15) is 35.5 Å². The van der Waals surface area contributed by atoms with E-state index in [1.165, 1.54) is 0 Å². The first-order valence-electron chi connectivity index (χ1n) is 29.1. The fourth-order valence-electron chi connectivity index (χ4n) is 10.3. The first kappa shape index (κ1) is 37.7. The van der Waals surface area contributed by atoms with Crippen molar-refractivity contribution < 1.29 is 20.4 Å². The predicted octanol–water partition coefficient (Wildman–Crippen LogP) is 18.4. The van der Waals surface area contributed by atoms with Crippen LogP contribution in [0.15, 0.2) is 188 Å². The molecular formula is C67H62N4O2. The molecule has 362 valence electrons. The van der Waals surface area contributed by atoms with Gasteiger partial charge < -0.3 is 19.3 Å². The van der Waals surface area contributed by atoms with Gasteiger partial charge in [0.15, 0.2) is 0 Å². The largest absolute Gasteiger partial charge is 0.457 e. The summed E-state index contributed by atoms with van der Waals surface area (Å²) in [6.07, 6.45) is -2.09. The van der Waals surface area contributed by atoms with Crippen LogP contribution in [0.1, 0.15) is 83.0 Å². The number of fused-ring (bicyclic) bond motifs is 5. The molecule has 2 aromatic heterocycles. The minimum Gasteiger partial charge on any atom is -0.457 e. The summed E-state index contributed by atoms with van der Waals surface area (Å²) < 4.78 is 91.2. The van der Waals surface area contributed by atoms with E-state index in [1.54, 1.807) is 16.8 Å². The topological polar surface area (TPSA) is 42.8 Å². The molecule has 10 aromatic rings. The van der Waals surface area contributed by atoms with E-state index < -0.39 is 24.2 Å². The molecule has 0 unspecified atom stereocenters. The monoisotopic (exact) mass is 963 g/mol. The number of hydrogen-bond donors (Lipinski definition) is 0. The normalized spacial score (nSPS) is 15.2. The maximum absolute atomic E-state index is 9.95. The lowest BCUT2D eigenvalue weighted by Crippen LogP contribution is -2.25. The number of rotatable bonds is 4. The van der Waals surface area contributed by atoms with E-state index in [1.807, 2.05) is 156 Å². The Labute approximate surface area is 441 Å². The van der Waals surface area contributed by atoms with E-state index in [0.717, 1.165) is 50.6 Å². The van der Waals surface area contributed by atoms with Crippen molar-refractivity contribution in [2.24, 2.45) is 11.3 Å². The molecule has 0 atom stereocenters. The average molecular weight is 963 g/mol. The second-order valence-corrected chi connectivity index (χ2v) is 21.5. The smallest absolute Gasteiger partial charge is 0.137 e. The summed E-state index contributed by atoms with van der Waals surface area (Å²) in [5.41, 5.74) is 9.35. The molecule has 0 spiro atoms. The Hall–Kier alpha value is -8.09. The number of aromatic nitrogens is 2. The van der Waals surface area contributed by atoms with Crippen LogP contribution in [0.5, 0.6) is 23.0 Å². The van der Waals surface area contributed by atoms with Crippen molar-refractivity contribution in [3.63, 3.8) is 0 Å². The van der Waals surface area contributed by atoms with Crippen LogP contribution in [-0.4, -0.2) is 16.2 Å². The number of hydrogen-bond acceptors (Lipinski definition) is 5. The molecule has 0 aliphatic carbocycles. The van der Waals surface area contributed by atoms with Crippen LogP contribution in [0, 0.1) is 11.3 Å². The molecule has 73 heavy (non-hydrogen) atoms. The van der Waals surface area contributed by atoms with Crippen molar-refractivity contribution in [1.82, 2.24) is 9.55 Å². The lowest BCUT2D eigenvalue weighted by atomic mass is 9.85. The van der Waals surface area contributed by atoms with Gasteiger partial charge in [-0.25, -0.2) is 4.98 Å². The molecule has 13 rings (SSSR count). The molecule has 0 amide bonds. The molecule has 0 saturated heterocycles. The molecule has 3 aliphatic rings. The van der Waals surface area contributed by atoms with E-state index in [-0.39, 0.29) is 40.8 Å². The number of pyridine rings is 1. The minimum absolute atomic E-state index is 0.197. The van der Waals surface area contributed by atoms with Gasteiger partial charge in [0.2, 0.25) is 0 Å². The second-order valence-electron chi connectivity index (χ2n) is 21.5. The molecule has 3 aliphatic heterocycles. The van der Waals surface area contributed by atoms with Crippen molar-refractivity contribution in [3.8, 4) is 62.2 Å². The SMILES string of the molecule is [2H]c1c([2H])c([2H])c2c(c1[2H])c1ccc3cc1n2-c1cc(C([2H])([2H])C(C)(C)C)c(cn1)-c1ccccc1Oc1cccc(c1)-c1cc(C([2H])([2H])C(C)C)cc(-c2ccccc2)c1N1CN(c2cc(cc(C(C)(C)C)c2)O3)c2ccccc21. The summed E-state index contributed by atoms with van der Waals surface area (Å²) >= 11 is 0. The van der Waals surface area contributed by atoms with Crippen molar-refractivity contribution >= 4 is 44.6 Å². The highest BCUT2D eigenvalue weighted by Crippen LogP contribution is 2.52. The van der Waals surface area contributed by atoms with Crippen LogP contribution < -0.4 is 19.3 Å². The van der Waals surface area contributed by atoms with Crippen LogP contribution in [0.3, 0.4) is 0 Å². The van der Waals surface area contributed by atoms with Gasteiger partial charge in [0.05, 0.1) is 33.6 Å². The number of benzene rings is 8. The summed E-state index contributed by atoms with van der Waals surface area (Å²) in [5, 5.41) is 0.847. The number of ether oxygens (including phenoxy) is 2. The Kier molecular flexibility index (Phi) is 9.23. The highest BCUT2D eigenvalue weighted by Gasteiger charge is 2.33. The zero-order valence-electron chi connectivity index (χ0n) is 50.5. The average Bonchev–Trinajstić information content (AvgIpc) is 3.46. The Morgan fingerprint density at radius 2 is 1.32 bits per heavy atom. The minimum atomic E-state index is -2.01. The molecular weight excluding hydrogens is 893 g/mol. The quantitative estimate of drug-likeness (QED) is 0.176. The number of nitrogens with zero attached hydrogens (tertiary/aromatic N) is 4. The predicted molar refractivity (Wildman–Crippen MR) is 304 cm³/mol. The Balaban J connectivity index is 1.19. The van der Waals surface area contributed by atoms with Crippen LogP contribution in [0.2, 0.25) is 0 Å². The third-order valence-corrected chi connectivity index (χ3v) is 13.5. The van der Waals surface area contributed by atoms with E-state index >= 15 is 0 Å². The van der Waals surface area contributed by atoms with Crippen molar-refractivity contribution in [1.29, 1.82) is 0 Å². The lowest BCUT2D eigenvalue weighted by Gasteiger charge is -2.29. The molecule has 6 heteroatoms. The molecule has 0 fully saturated rings. The summed E-state index contributed by atoms with van der Waals surface area (Å²) in [4.78, 5) is 9.70. The van der Waals surface area contributed by atoms with E-state index in [4.69, 9.17) is 17.2 Å². The van der Waals surface area contributed by atoms with Gasteiger partial charge in [-0.1, -0.05) is 146 Å². The fraction of sp³-hybridized carbons (Fsp3) is 0.209. The Morgan fingerprint density at radius 1 is 0.603 bits per heavy atom. The zero-order chi connectivity index (χ0) is 57.2. The molecule has 0 saturated carbocycles. The zero-order valence-corrected chi connectivity index (χ0v) is 42.5. The van der Waals surface area contributed by atoms with Gasteiger partial charge in [0, 0.05) is 62.5 Å². The standard InChI is InChI=1S/C67H62N4O2/c1-43(2)31-44-32-56(45-19-10-9-11-20-45)65-57(33-44)46-21-18-22-50(34-46)73-63-28-17-13-24-55(63)58-41-68-64(35-47(58)40-66(3,4)5)71-59-25-14-12-23-53(59)54-30-29-51(39-62(54)71)72-52-37-48(67(6,7)8)36-49(38-52)69-42-70(65)61-27-16-15-26-60(61)69/h9-30,32-39,41,43H,31,40,42H2,1-8H3/i12D,14D,23D,25D,31D2,40D2. The second kappa shape index (κ2) is 17.9. The van der Waals surface area contributed by atoms with E-state index in [9.17, 15) is 8.22 Å². The summed E-state index contributed by atoms with van der Waals surface area (Å²) in [6, 6.07) is 50.1. The van der Waals surface area contributed by atoms with Crippen molar-refractivity contribution in [3.05, 3.63) is 205 Å². The first-order valence-corrected chi connectivity index (χ1v) is 25.1. The summed E-state index contributed by atoms with van der Waals surface area (Å²) in [5.74, 6) is 1.83. The van der Waals surface area contributed by atoms with E-state index in [2.05, 4.69) is 60.9 Å². The summed E-state index contributed by atoms with van der Waals surface area (Å²) in [7, 11) is 0. The van der Waals surface area contributed by atoms with Crippen molar-refractivity contribution in [2.45, 2.75) is 73.6 Å². The molecule has 0 N–H and O–H groups in total. The first-order chi connectivity index (χ1) is 38.4. The highest BCUT2D eigenvalue weighted by molar-refractivity contribution is 6.09. The van der Waals surface area contributed by atoms with Crippen LogP contribution >= 0.6 is 0 Å². The van der Waals surface area contributed by atoms with Gasteiger partial charge in [-0.15, -0.1) is 0 Å². The third kappa shape index (κ3) is 8.69. The lowest BCUT2D eigenvalue weighted by molar-refractivity contribution is 0.411. The molecule has 0 radical (unpaired) electrons. The Morgan fingerprint density at radius 3 is 2.10 bits per heavy atom. The van der Waals surface area contributed by atoms with Gasteiger partial charge in [-0.05, 0) is 136 Å². The van der Waals surface area contributed by atoms with Crippen molar-refractivity contribution in [2.75, 3.05) is 16.5 Å². The van der Waals surface area contributed by atoms with Gasteiger partial charge >= 0.3 is 0 Å². The third-order valence-electron chi connectivity index (χ3n) is 13.5. The molecule has 6 nitrogen and oxygen atoms in total. The fourth-order valence-corrected chi connectivity index (χ4v) is 10.3. The maximum atomic E-state index is 9.95. The number of para-hydroxylation sites is 4. The molecule has 10 bridgehead atoms. The molecule has 5 heterocycles. The maximum Gasteiger partial charge on any atom is 0.137 e. The van der Waals surface area contributed by atoms with Crippen LogP contribution in [0.4, 0.5) is 22.7 Å². The van der Waals surface area contributed by atoms with Crippen LogP contribution in [0.25, 0.3) is 61.0 Å². The van der Waals surface area contributed by atoms with Gasteiger partial charge in [-0.2, -0.15) is 0 Å². The summed E-state index contributed by atoms with van der Waals surface area (Å²) in [6.45, 7) is 16.2. The van der Waals surface area contributed by atoms with Crippen LogP contribution in [-0.2, 0) is 18.2 Å². The van der Waals surface area contributed by atoms with Gasteiger partial charge in [-0.3, -0.25) is 4.57 Å². The molecule has 8 aromatic carbocycles. The highest BCUT2D eigenvalue weighted by atomic mass is 16.5. The van der Waals surface area contributed by atoms with Gasteiger partial charge in [0.25, 0.3) is 0 Å². The number of anilines is 4. The van der Waals surface area contributed by atoms with E-state index in [0.29, 0.717) is 68.2 Å². The Bertz CT molecular complexity index is 4180.